The molecule has 3 rings (SSSR count). The van der Waals surface area contributed by atoms with Gasteiger partial charge in [0.25, 0.3) is 0 Å². The first-order valence-corrected chi connectivity index (χ1v) is 16.1. The zero-order valence-electron chi connectivity index (χ0n) is 14.7. The van der Waals surface area contributed by atoms with E-state index in [1.165, 1.54) is 29.3 Å². The first kappa shape index (κ1) is 20.7. The Morgan fingerprint density at radius 2 is 1.65 bits per heavy atom. The second-order valence-corrected chi connectivity index (χ2v) is 16.4. The van der Waals surface area contributed by atoms with Crippen molar-refractivity contribution in [2.45, 2.75) is 39.0 Å². The predicted molar refractivity (Wildman–Crippen MR) is 113 cm³/mol. The summed E-state index contributed by atoms with van der Waals surface area (Å²) in [5.74, 6) is -0.188. The Hall–Kier alpha value is -0.0121. The molecule has 0 saturated carbocycles. The van der Waals surface area contributed by atoms with E-state index in [1.807, 2.05) is 12.1 Å². The van der Waals surface area contributed by atoms with Crippen LogP contribution < -0.4 is 0 Å². The number of carbonyl (C=O) groups is 1. The van der Waals surface area contributed by atoms with Gasteiger partial charge in [-0.25, -0.2) is 0 Å². The molecule has 2 aliphatic heterocycles. The van der Waals surface area contributed by atoms with Crippen molar-refractivity contribution >= 4 is 70.3 Å². The quantitative estimate of drug-likeness (QED) is 0.256. The van der Waals surface area contributed by atoms with Crippen molar-refractivity contribution in [2.24, 2.45) is 0 Å². The molecule has 2 nitrogen and oxygen atoms in total. The van der Waals surface area contributed by atoms with Crippen molar-refractivity contribution in [3.05, 3.63) is 57.1 Å². The second-order valence-electron chi connectivity index (χ2n) is 5.91. The third-order valence-electron chi connectivity index (χ3n) is 3.93. The van der Waals surface area contributed by atoms with Crippen LogP contribution in [0.25, 0.3) is 4.47 Å². The molecule has 2 heterocycles. The Balaban J connectivity index is 1.48. The van der Waals surface area contributed by atoms with E-state index in [4.69, 9.17) is 4.74 Å². The molecule has 0 bridgehead atoms. The second kappa shape index (κ2) is 11.1. The SMILES string of the molecule is CCCCCCCOC(=O)c1ccc(C2=C[Se]C(=C3[Se]C=C[Se]3)[Se]2)cc1. The molecule has 2 aliphatic rings. The van der Waals surface area contributed by atoms with Gasteiger partial charge in [0, 0.05) is 0 Å². The number of esters is 1. The van der Waals surface area contributed by atoms with Gasteiger partial charge < -0.3 is 0 Å². The van der Waals surface area contributed by atoms with Gasteiger partial charge in [0.1, 0.15) is 0 Å². The van der Waals surface area contributed by atoms with Crippen molar-refractivity contribution in [1.82, 2.24) is 0 Å². The standard InChI is InChI=1S/C20H22O2Se4/c1-2-3-4-5-6-11-22-18(21)16-9-7-15(8-10-16)17-14-25-20(26-17)19-23-12-13-24-19/h7-10,12-14H,2-6,11H2,1H3. The number of hydrogen-bond donors (Lipinski definition) is 0. The van der Waals surface area contributed by atoms with Gasteiger partial charge in [0.05, 0.1) is 0 Å². The van der Waals surface area contributed by atoms with Crippen LogP contribution in [-0.2, 0) is 4.74 Å². The van der Waals surface area contributed by atoms with E-state index in [1.54, 1.807) is 6.74 Å². The normalized spacial score (nSPS) is 16.3. The summed E-state index contributed by atoms with van der Waals surface area (Å²) in [6.45, 7) is 2.74. The minimum atomic E-state index is -0.188. The molecular formula is C20H22O2Se4. The number of hydrogen-bond acceptors (Lipinski definition) is 2. The van der Waals surface area contributed by atoms with Crippen LogP contribution in [0.2, 0.25) is 0 Å². The van der Waals surface area contributed by atoms with E-state index in [-0.39, 0.29) is 5.97 Å². The monoisotopic (exact) mass is 614 g/mol. The van der Waals surface area contributed by atoms with Gasteiger partial charge in [0.15, 0.2) is 0 Å². The van der Waals surface area contributed by atoms with Gasteiger partial charge in [-0.05, 0) is 0 Å². The van der Waals surface area contributed by atoms with Crippen molar-refractivity contribution in [2.75, 3.05) is 6.61 Å². The van der Waals surface area contributed by atoms with Gasteiger partial charge in [-0.15, -0.1) is 0 Å². The van der Waals surface area contributed by atoms with E-state index in [2.05, 4.69) is 34.0 Å². The molecule has 26 heavy (non-hydrogen) atoms. The molecule has 0 spiro atoms. The summed E-state index contributed by atoms with van der Waals surface area (Å²) in [5.41, 5.74) is 1.95. The fraction of sp³-hybridized carbons (Fsp3) is 0.350. The van der Waals surface area contributed by atoms with Crippen LogP contribution in [-0.4, -0.2) is 72.4 Å². The Morgan fingerprint density at radius 1 is 0.923 bits per heavy atom. The molecule has 0 fully saturated rings. The summed E-state index contributed by atoms with van der Waals surface area (Å²) in [6.07, 6.45) is 5.86. The summed E-state index contributed by atoms with van der Waals surface area (Å²) in [4.78, 5) is 19.4. The first-order valence-electron chi connectivity index (χ1n) is 8.83. The molecule has 0 saturated heterocycles. The topological polar surface area (TPSA) is 26.3 Å². The minimum absolute atomic E-state index is 0.188. The predicted octanol–water partition coefficient (Wildman–Crippen LogP) is 3.55. The third-order valence-corrected chi connectivity index (χ3v) is 18.8. The Kier molecular flexibility index (Phi) is 8.85. The number of benzene rings is 1. The van der Waals surface area contributed by atoms with E-state index < -0.39 is 0 Å². The maximum atomic E-state index is 12.2. The molecular weight excluding hydrogens is 588 g/mol. The molecule has 0 radical (unpaired) electrons. The number of unbranched alkanes of at least 4 members (excludes halogenated alkanes) is 4. The number of ether oxygens (including phenoxy) is 1. The van der Waals surface area contributed by atoms with Crippen LogP contribution >= 0.6 is 0 Å². The first-order chi connectivity index (χ1) is 12.8. The Labute approximate surface area is 181 Å². The Morgan fingerprint density at radius 3 is 2.38 bits per heavy atom. The molecule has 0 N–H and O–H groups in total. The molecule has 138 valence electrons. The molecule has 6 heteroatoms. The van der Waals surface area contributed by atoms with Crippen LogP contribution in [0.15, 0.2) is 45.9 Å². The zero-order valence-corrected chi connectivity index (χ0v) is 21.6. The van der Waals surface area contributed by atoms with E-state index in [9.17, 15) is 4.79 Å². The van der Waals surface area contributed by atoms with Gasteiger partial charge >= 0.3 is 169 Å². The molecule has 0 amide bonds. The van der Waals surface area contributed by atoms with Crippen LogP contribution in [0.1, 0.15) is 54.9 Å². The van der Waals surface area contributed by atoms with E-state index in [0.29, 0.717) is 72.0 Å². The molecule has 0 aliphatic carbocycles. The number of carbonyl (C=O) groups excluding carboxylic acids is 1. The summed E-state index contributed by atoms with van der Waals surface area (Å²) < 4.78 is 10.4. The van der Waals surface area contributed by atoms with Crippen LogP contribution in [0, 0.1) is 0 Å². The fourth-order valence-corrected chi connectivity index (χ4v) is 16.2. The van der Waals surface area contributed by atoms with Crippen LogP contribution in [0.3, 0.4) is 0 Å². The number of rotatable bonds is 8. The van der Waals surface area contributed by atoms with Gasteiger partial charge in [-0.3, -0.25) is 0 Å². The zero-order chi connectivity index (χ0) is 18.2. The van der Waals surface area contributed by atoms with Crippen molar-refractivity contribution < 1.29 is 9.53 Å². The molecule has 0 atom stereocenters. The summed E-state index contributed by atoms with van der Waals surface area (Å²) in [6, 6.07) is 8.04. The molecule has 1 aromatic rings. The maximum absolute atomic E-state index is 12.2. The van der Waals surface area contributed by atoms with Crippen LogP contribution in [0.5, 0.6) is 0 Å². The van der Waals surface area contributed by atoms with Gasteiger partial charge in [-0.1, -0.05) is 13.3 Å². The van der Waals surface area contributed by atoms with E-state index >= 15 is 0 Å². The third kappa shape index (κ3) is 5.99. The molecule has 1 aromatic carbocycles. The summed E-state index contributed by atoms with van der Waals surface area (Å²) in [5, 5.41) is 0. The molecule has 0 aromatic heterocycles. The van der Waals surface area contributed by atoms with Crippen molar-refractivity contribution in [3.63, 3.8) is 0 Å². The summed E-state index contributed by atoms with van der Waals surface area (Å²) in [7, 11) is 0. The Bertz CT molecular complexity index is 710. The molecule has 0 unspecified atom stereocenters. The fourth-order valence-electron chi connectivity index (χ4n) is 2.50. The van der Waals surface area contributed by atoms with Gasteiger partial charge in [-0.2, -0.15) is 0 Å². The van der Waals surface area contributed by atoms with Gasteiger partial charge in [0.2, 0.25) is 0 Å². The van der Waals surface area contributed by atoms with Crippen LogP contribution in [0.4, 0.5) is 0 Å². The van der Waals surface area contributed by atoms with Crippen molar-refractivity contribution in [3.8, 4) is 0 Å². The van der Waals surface area contributed by atoms with Crippen molar-refractivity contribution in [1.29, 1.82) is 0 Å². The average molecular weight is 610 g/mol. The average Bonchev–Trinajstić information content (AvgIpc) is 3.36. The summed E-state index contributed by atoms with van der Waals surface area (Å²) >= 11 is 2.31. The van der Waals surface area contributed by atoms with E-state index in [0.717, 1.165) is 12.8 Å².